The molecule has 3 N–H and O–H groups in total. The van der Waals surface area contributed by atoms with Gasteiger partial charge in [-0.05, 0) is 36.6 Å². The monoisotopic (exact) mass is 397 g/mol. The molecule has 0 saturated heterocycles. The molecular weight excluding hydrogens is 374 g/mol. The number of benzene rings is 1. The Morgan fingerprint density at radius 2 is 1.90 bits per heavy atom. The number of aromatic amines is 2. The molecule has 0 fully saturated rings. The molecule has 30 heavy (non-hydrogen) atoms. The first-order chi connectivity index (χ1) is 14.7. The minimum Gasteiger partial charge on any atom is -0.384 e. The van der Waals surface area contributed by atoms with Crippen LogP contribution in [0.15, 0.2) is 55.0 Å². The Morgan fingerprint density at radius 1 is 1.03 bits per heavy atom. The molecular formula is C23H23N7. The van der Waals surface area contributed by atoms with Gasteiger partial charge in [0, 0.05) is 36.3 Å². The summed E-state index contributed by atoms with van der Waals surface area (Å²) in [5.41, 5.74) is 6.41. The van der Waals surface area contributed by atoms with Crippen LogP contribution in [0.1, 0.15) is 20.3 Å². The number of hydrogen-bond donors (Lipinski definition) is 3. The Bertz CT molecular complexity index is 1280. The van der Waals surface area contributed by atoms with E-state index in [1.54, 1.807) is 0 Å². The van der Waals surface area contributed by atoms with Crippen LogP contribution in [0.2, 0.25) is 0 Å². The quantitative estimate of drug-likeness (QED) is 0.374. The fraction of sp³-hybridized carbons (Fsp3) is 0.217. The highest BCUT2D eigenvalue weighted by Crippen LogP contribution is 2.29. The van der Waals surface area contributed by atoms with E-state index < -0.39 is 0 Å². The van der Waals surface area contributed by atoms with Crippen molar-refractivity contribution in [2.45, 2.75) is 20.3 Å². The molecule has 0 aliphatic rings. The van der Waals surface area contributed by atoms with E-state index in [1.165, 1.54) is 0 Å². The minimum atomic E-state index is 0.661. The standard InChI is InChI=1S/C23H23N7/c1-14(2)7-8-25-17-9-15(11-24-13-17)16-10-18-21(29-30-22(18)26-12-16)23-27-19-5-3-4-6-20(19)28-23/h3-6,9-14,25H,7-8H2,1-2H3,(H,27,28)(H,26,29,30). The number of para-hydroxylation sites is 2. The topological polar surface area (TPSA) is 95.2 Å². The van der Waals surface area contributed by atoms with Crippen LogP contribution in [0.3, 0.4) is 0 Å². The van der Waals surface area contributed by atoms with E-state index in [0.29, 0.717) is 11.6 Å². The molecule has 4 heterocycles. The van der Waals surface area contributed by atoms with Crippen LogP contribution >= 0.6 is 0 Å². The fourth-order valence-electron chi connectivity index (χ4n) is 3.51. The highest BCUT2D eigenvalue weighted by molar-refractivity contribution is 5.93. The van der Waals surface area contributed by atoms with Crippen LogP contribution in [0.4, 0.5) is 5.69 Å². The average molecular weight is 397 g/mol. The predicted molar refractivity (Wildman–Crippen MR) is 120 cm³/mol. The summed E-state index contributed by atoms with van der Waals surface area (Å²) in [7, 11) is 0. The molecule has 0 aliphatic heterocycles. The van der Waals surface area contributed by atoms with Gasteiger partial charge in [0.15, 0.2) is 11.5 Å². The third-order valence-electron chi connectivity index (χ3n) is 5.16. The molecule has 0 aliphatic carbocycles. The second-order valence-electron chi connectivity index (χ2n) is 7.87. The predicted octanol–water partition coefficient (Wildman–Crippen LogP) is 5.02. The molecule has 5 rings (SSSR count). The summed E-state index contributed by atoms with van der Waals surface area (Å²) in [5.74, 6) is 1.41. The van der Waals surface area contributed by atoms with Crippen molar-refractivity contribution < 1.29 is 0 Å². The first-order valence-electron chi connectivity index (χ1n) is 10.2. The number of nitrogens with one attached hydrogen (secondary N) is 3. The highest BCUT2D eigenvalue weighted by atomic mass is 15.2. The van der Waals surface area contributed by atoms with Gasteiger partial charge in [-0.15, -0.1) is 0 Å². The van der Waals surface area contributed by atoms with Crippen molar-refractivity contribution in [3.8, 4) is 22.6 Å². The van der Waals surface area contributed by atoms with E-state index in [2.05, 4.69) is 56.4 Å². The highest BCUT2D eigenvalue weighted by Gasteiger charge is 2.14. The first-order valence-corrected chi connectivity index (χ1v) is 10.2. The third kappa shape index (κ3) is 3.50. The van der Waals surface area contributed by atoms with Gasteiger partial charge in [-0.3, -0.25) is 10.1 Å². The molecule has 0 bridgehead atoms. The Morgan fingerprint density at radius 3 is 2.77 bits per heavy atom. The second kappa shape index (κ2) is 7.59. The molecule has 7 heteroatoms. The van der Waals surface area contributed by atoms with Crippen LogP contribution < -0.4 is 5.32 Å². The van der Waals surface area contributed by atoms with Crippen LogP contribution in [-0.4, -0.2) is 36.7 Å². The smallest absolute Gasteiger partial charge is 0.181 e. The summed E-state index contributed by atoms with van der Waals surface area (Å²) in [4.78, 5) is 17.0. The van der Waals surface area contributed by atoms with Gasteiger partial charge in [-0.2, -0.15) is 5.10 Å². The molecule has 0 saturated carbocycles. The number of aromatic nitrogens is 6. The molecule has 4 aromatic heterocycles. The summed E-state index contributed by atoms with van der Waals surface area (Å²) in [5, 5.41) is 11.8. The van der Waals surface area contributed by atoms with Gasteiger partial charge in [0.25, 0.3) is 0 Å². The van der Waals surface area contributed by atoms with Gasteiger partial charge in [-0.1, -0.05) is 26.0 Å². The summed E-state index contributed by atoms with van der Waals surface area (Å²) in [6.45, 7) is 5.38. The molecule has 0 atom stereocenters. The molecule has 0 unspecified atom stereocenters. The lowest BCUT2D eigenvalue weighted by atomic mass is 10.1. The number of pyridine rings is 2. The van der Waals surface area contributed by atoms with Crippen LogP contribution in [0.25, 0.3) is 44.7 Å². The minimum absolute atomic E-state index is 0.661. The number of fused-ring (bicyclic) bond motifs is 2. The van der Waals surface area contributed by atoms with Gasteiger partial charge in [0.1, 0.15) is 5.69 Å². The second-order valence-corrected chi connectivity index (χ2v) is 7.87. The lowest BCUT2D eigenvalue weighted by molar-refractivity contribution is 0.607. The summed E-state index contributed by atoms with van der Waals surface area (Å²) >= 11 is 0. The maximum absolute atomic E-state index is 4.69. The zero-order chi connectivity index (χ0) is 20.5. The summed E-state index contributed by atoms with van der Waals surface area (Å²) in [6, 6.07) is 12.2. The lowest BCUT2D eigenvalue weighted by Crippen LogP contribution is -2.05. The van der Waals surface area contributed by atoms with Gasteiger partial charge in [0.05, 0.1) is 22.1 Å². The molecule has 0 spiro atoms. The molecule has 0 radical (unpaired) electrons. The Kier molecular flexibility index (Phi) is 4.63. The van der Waals surface area contributed by atoms with Crippen molar-refractivity contribution >= 4 is 27.8 Å². The fourth-order valence-corrected chi connectivity index (χ4v) is 3.51. The van der Waals surface area contributed by atoms with Crippen molar-refractivity contribution in [2.24, 2.45) is 5.92 Å². The number of H-pyrrole nitrogens is 2. The molecule has 5 aromatic rings. The Labute approximate surface area is 174 Å². The van der Waals surface area contributed by atoms with Crippen molar-refractivity contribution in [3.63, 3.8) is 0 Å². The number of rotatable bonds is 6. The van der Waals surface area contributed by atoms with E-state index in [-0.39, 0.29) is 0 Å². The van der Waals surface area contributed by atoms with E-state index in [9.17, 15) is 0 Å². The van der Waals surface area contributed by atoms with Crippen LogP contribution in [-0.2, 0) is 0 Å². The average Bonchev–Trinajstić information content (AvgIpc) is 3.37. The molecule has 0 amide bonds. The lowest BCUT2D eigenvalue weighted by Gasteiger charge is -2.09. The molecule has 150 valence electrons. The van der Waals surface area contributed by atoms with Gasteiger partial charge < -0.3 is 10.3 Å². The van der Waals surface area contributed by atoms with E-state index >= 15 is 0 Å². The number of imidazole rings is 1. The van der Waals surface area contributed by atoms with E-state index in [0.717, 1.165) is 57.7 Å². The largest absolute Gasteiger partial charge is 0.384 e. The normalized spacial score (nSPS) is 11.6. The van der Waals surface area contributed by atoms with Crippen LogP contribution in [0, 0.1) is 5.92 Å². The number of nitrogens with zero attached hydrogens (tertiary/aromatic N) is 4. The van der Waals surface area contributed by atoms with Gasteiger partial charge >= 0.3 is 0 Å². The molecule has 7 nitrogen and oxygen atoms in total. The Hall–Kier alpha value is -3.74. The summed E-state index contributed by atoms with van der Waals surface area (Å²) in [6.07, 6.45) is 6.67. The molecule has 1 aromatic carbocycles. The van der Waals surface area contributed by atoms with Crippen molar-refractivity contribution in [1.29, 1.82) is 0 Å². The first kappa shape index (κ1) is 18.3. The van der Waals surface area contributed by atoms with Crippen LogP contribution in [0.5, 0.6) is 0 Å². The SMILES string of the molecule is CC(C)CCNc1cncc(-c2cnc3n[nH]c(-c4nc5ccccc5[nH]4)c3c2)c1. The van der Waals surface area contributed by atoms with Crippen molar-refractivity contribution in [2.75, 3.05) is 11.9 Å². The van der Waals surface area contributed by atoms with Crippen molar-refractivity contribution in [3.05, 3.63) is 55.0 Å². The summed E-state index contributed by atoms with van der Waals surface area (Å²) < 4.78 is 0. The van der Waals surface area contributed by atoms with Crippen molar-refractivity contribution in [1.82, 2.24) is 30.1 Å². The van der Waals surface area contributed by atoms with E-state index in [1.807, 2.05) is 42.9 Å². The number of hydrogen-bond acceptors (Lipinski definition) is 5. The van der Waals surface area contributed by atoms with Gasteiger partial charge in [-0.25, -0.2) is 9.97 Å². The zero-order valence-corrected chi connectivity index (χ0v) is 17.0. The third-order valence-corrected chi connectivity index (χ3v) is 5.16. The maximum Gasteiger partial charge on any atom is 0.181 e. The number of anilines is 1. The maximum atomic E-state index is 4.69. The Balaban J connectivity index is 1.50. The van der Waals surface area contributed by atoms with E-state index in [4.69, 9.17) is 4.98 Å². The zero-order valence-electron chi connectivity index (χ0n) is 17.0. The van der Waals surface area contributed by atoms with Gasteiger partial charge in [0.2, 0.25) is 0 Å².